The molecule has 0 aromatic heterocycles. The molecule has 0 aromatic rings. The van der Waals surface area contributed by atoms with E-state index in [1.807, 2.05) is 20.8 Å². The van der Waals surface area contributed by atoms with Crippen molar-refractivity contribution in [1.29, 1.82) is 0 Å². The van der Waals surface area contributed by atoms with Crippen LogP contribution in [0.4, 0.5) is 0 Å². The van der Waals surface area contributed by atoms with Crippen LogP contribution in [0, 0.1) is 11.8 Å². The van der Waals surface area contributed by atoms with Gasteiger partial charge in [0.15, 0.2) is 0 Å². The van der Waals surface area contributed by atoms with E-state index >= 15 is 0 Å². The molecule has 92 valence electrons. The van der Waals surface area contributed by atoms with E-state index in [-0.39, 0.29) is 17.5 Å². The molecule has 1 aliphatic carbocycles. The quantitative estimate of drug-likeness (QED) is 0.695. The van der Waals surface area contributed by atoms with Gasteiger partial charge in [0, 0.05) is 6.04 Å². The van der Waals surface area contributed by atoms with Crippen LogP contribution < -0.4 is 5.32 Å². The lowest BCUT2D eigenvalue weighted by Crippen LogP contribution is -2.38. The Morgan fingerprint density at radius 2 is 2.00 bits per heavy atom. The third-order valence-corrected chi connectivity index (χ3v) is 3.66. The van der Waals surface area contributed by atoms with Crippen LogP contribution >= 0.6 is 0 Å². The molecule has 0 aromatic carbocycles. The fourth-order valence-corrected chi connectivity index (χ4v) is 2.88. The molecule has 1 unspecified atom stereocenters. The lowest BCUT2D eigenvalue weighted by atomic mass is 9.79. The Morgan fingerprint density at radius 3 is 2.69 bits per heavy atom. The van der Waals surface area contributed by atoms with E-state index < -0.39 is 0 Å². The normalized spacial score (nSPS) is 34.6. The van der Waals surface area contributed by atoms with Gasteiger partial charge in [-0.05, 0) is 58.9 Å². The number of esters is 1. The van der Waals surface area contributed by atoms with Gasteiger partial charge in [-0.3, -0.25) is 4.79 Å². The summed E-state index contributed by atoms with van der Waals surface area (Å²) in [7, 11) is 0. The van der Waals surface area contributed by atoms with Gasteiger partial charge < -0.3 is 10.1 Å². The van der Waals surface area contributed by atoms with E-state index in [0.717, 1.165) is 25.3 Å². The summed E-state index contributed by atoms with van der Waals surface area (Å²) in [5, 5.41) is 3.50. The highest BCUT2D eigenvalue weighted by atomic mass is 16.6. The molecule has 0 radical (unpaired) electrons. The first-order valence-corrected chi connectivity index (χ1v) is 6.42. The lowest BCUT2D eigenvalue weighted by molar-refractivity contribution is -0.161. The van der Waals surface area contributed by atoms with Crippen molar-refractivity contribution in [2.45, 2.75) is 58.1 Å². The average Bonchev–Trinajstić information content (AvgIpc) is 2.61. The molecule has 1 saturated heterocycles. The topological polar surface area (TPSA) is 38.3 Å². The van der Waals surface area contributed by atoms with E-state index in [2.05, 4.69) is 5.32 Å². The molecule has 3 nitrogen and oxygen atoms in total. The highest BCUT2D eigenvalue weighted by Crippen LogP contribution is 2.35. The molecule has 1 saturated carbocycles. The second kappa shape index (κ2) is 4.36. The van der Waals surface area contributed by atoms with Crippen molar-refractivity contribution in [1.82, 2.24) is 5.32 Å². The summed E-state index contributed by atoms with van der Waals surface area (Å²) in [5.74, 6) is 0.921. The molecular formula is C13H23NO2. The maximum atomic E-state index is 12.0. The van der Waals surface area contributed by atoms with Gasteiger partial charge in [-0.25, -0.2) is 0 Å². The number of carbonyl (C=O) groups excluding carboxylic acids is 1. The fourth-order valence-electron chi connectivity index (χ4n) is 2.88. The standard InChI is InChI=1S/C13H23NO2/c1-13(2,3)16-12(15)10-5-4-9-6-7-14-11(9)8-10/h9-11,14H,4-8H2,1-3H3/t9-,10?,11-/m1/s1. The van der Waals surface area contributed by atoms with Gasteiger partial charge >= 0.3 is 5.97 Å². The van der Waals surface area contributed by atoms with Crippen molar-refractivity contribution in [2.75, 3.05) is 6.54 Å². The second-order valence-corrected chi connectivity index (χ2v) is 6.15. The zero-order valence-corrected chi connectivity index (χ0v) is 10.6. The third-order valence-electron chi connectivity index (χ3n) is 3.66. The predicted molar refractivity (Wildman–Crippen MR) is 63.1 cm³/mol. The molecule has 0 spiro atoms. The minimum absolute atomic E-state index is 0.000324. The van der Waals surface area contributed by atoms with Gasteiger partial charge in [0.1, 0.15) is 5.60 Å². The smallest absolute Gasteiger partial charge is 0.309 e. The Balaban J connectivity index is 1.89. The van der Waals surface area contributed by atoms with Gasteiger partial charge in [0.2, 0.25) is 0 Å². The van der Waals surface area contributed by atoms with Gasteiger partial charge in [0.05, 0.1) is 5.92 Å². The number of fused-ring (bicyclic) bond motifs is 1. The van der Waals surface area contributed by atoms with Crippen LogP contribution in [0.2, 0.25) is 0 Å². The molecule has 2 aliphatic rings. The number of nitrogens with one attached hydrogen (secondary N) is 1. The summed E-state index contributed by atoms with van der Waals surface area (Å²) < 4.78 is 5.46. The SMILES string of the molecule is CC(C)(C)OC(=O)C1CC[C@@H]2CCN[C@@H]2C1. The van der Waals surface area contributed by atoms with E-state index in [1.165, 1.54) is 12.8 Å². The second-order valence-electron chi connectivity index (χ2n) is 6.15. The molecule has 3 atom stereocenters. The Morgan fingerprint density at radius 1 is 1.25 bits per heavy atom. The summed E-state index contributed by atoms with van der Waals surface area (Å²) in [5.41, 5.74) is -0.350. The van der Waals surface area contributed by atoms with Crippen LogP contribution in [0.5, 0.6) is 0 Å². The maximum Gasteiger partial charge on any atom is 0.309 e. The predicted octanol–water partition coefficient (Wildman–Crippen LogP) is 2.11. The Hall–Kier alpha value is -0.570. The molecule has 0 amide bonds. The molecule has 0 bridgehead atoms. The van der Waals surface area contributed by atoms with Gasteiger partial charge in [-0.2, -0.15) is 0 Å². The van der Waals surface area contributed by atoms with Crippen LogP contribution in [0.25, 0.3) is 0 Å². The van der Waals surface area contributed by atoms with Gasteiger partial charge in [0.25, 0.3) is 0 Å². The molecule has 1 heterocycles. The summed E-state index contributed by atoms with van der Waals surface area (Å²) in [4.78, 5) is 12.0. The highest BCUT2D eigenvalue weighted by Gasteiger charge is 2.37. The maximum absolute atomic E-state index is 12.0. The largest absolute Gasteiger partial charge is 0.460 e. The van der Waals surface area contributed by atoms with Crippen molar-refractivity contribution in [3.05, 3.63) is 0 Å². The van der Waals surface area contributed by atoms with Crippen LogP contribution in [0.1, 0.15) is 46.5 Å². The summed E-state index contributed by atoms with van der Waals surface area (Å²) >= 11 is 0. The van der Waals surface area contributed by atoms with Crippen molar-refractivity contribution < 1.29 is 9.53 Å². The lowest BCUT2D eigenvalue weighted by Gasteiger charge is -2.32. The Bertz CT molecular complexity index is 270. The monoisotopic (exact) mass is 225 g/mol. The summed E-state index contributed by atoms with van der Waals surface area (Å²) in [6.07, 6.45) is 4.45. The molecule has 2 rings (SSSR count). The average molecular weight is 225 g/mol. The fraction of sp³-hybridized carbons (Fsp3) is 0.923. The minimum atomic E-state index is -0.350. The first-order valence-electron chi connectivity index (χ1n) is 6.42. The summed E-state index contributed by atoms with van der Waals surface area (Å²) in [6.45, 7) is 6.93. The molecule has 16 heavy (non-hydrogen) atoms. The summed E-state index contributed by atoms with van der Waals surface area (Å²) in [6, 6.07) is 0.561. The van der Waals surface area contributed by atoms with Crippen molar-refractivity contribution in [2.24, 2.45) is 11.8 Å². The van der Waals surface area contributed by atoms with E-state index in [0.29, 0.717) is 6.04 Å². The number of rotatable bonds is 1. The molecule has 1 N–H and O–H groups in total. The third kappa shape index (κ3) is 2.76. The Labute approximate surface area is 97.9 Å². The van der Waals surface area contributed by atoms with Crippen LogP contribution in [0.3, 0.4) is 0 Å². The molecule has 3 heteroatoms. The van der Waals surface area contributed by atoms with Crippen molar-refractivity contribution in [3.8, 4) is 0 Å². The molecule has 1 aliphatic heterocycles. The highest BCUT2D eigenvalue weighted by molar-refractivity contribution is 5.73. The van der Waals surface area contributed by atoms with Crippen molar-refractivity contribution in [3.63, 3.8) is 0 Å². The van der Waals surface area contributed by atoms with Gasteiger partial charge in [-0.15, -0.1) is 0 Å². The first kappa shape index (κ1) is 11.9. The van der Waals surface area contributed by atoms with E-state index in [4.69, 9.17) is 4.74 Å². The van der Waals surface area contributed by atoms with Crippen LogP contribution in [-0.4, -0.2) is 24.2 Å². The van der Waals surface area contributed by atoms with Crippen LogP contribution in [-0.2, 0) is 9.53 Å². The number of hydrogen-bond acceptors (Lipinski definition) is 3. The molecule has 2 fully saturated rings. The first-order chi connectivity index (χ1) is 7.46. The van der Waals surface area contributed by atoms with E-state index in [1.54, 1.807) is 0 Å². The zero-order valence-electron chi connectivity index (χ0n) is 10.6. The molecular weight excluding hydrogens is 202 g/mol. The number of ether oxygens (including phenoxy) is 1. The van der Waals surface area contributed by atoms with E-state index in [9.17, 15) is 4.79 Å². The van der Waals surface area contributed by atoms with Gasteiger partial charge in [-0.1, -0.05) is 0 Å². The Kier molecular flexibility index (Phi) is 3.24. The van der Waals surface area contributed by atoms with Crippen molar-refractivity contribution >= 4 is 5.97 Å². The zero-order chi connectivity index (χ0) is 11.8. The minimum Gasteiger partial charge on any atom is -0.460 e. The van der Waals surface area contributed by atoms with Crippen LogP contribution in [0.15, 0.2) is 0 Å². The number of carbonyl (C=O) groups is 1. The number of hydrogen-bond donors (Lipinski definition) is 1.